The number of aromatic hydroxyl groups is 1. The van der Waals surface area contributed by atoms with Crippen molar-refractivity contribution in [1.29, 1.82) is 0 Å². The van der Waals surface area contributed by atoms with E-state index in [0.29, 0.717) is 75.4 Å². The minimum atomic E-state index is -1.89. The number of halogens is 1. The highest BCUT2D eigenvalue weighted by atomic mass is 127. The molecule has 11 amide bonds. The molecule has 5 aromatic rings. The lowest BCUT2D eigenvalue weighted by Gasteiger charge is -2.29. The highest BCUT2D eigenvalue weighted by Gasteiger charge is 2.38. The number of hydrogen-bond donors (Lipinski definition) is 19. The maximum atomic E-state index is 15.5. The van der Waals surface area contributed by atoms with Gasteiger partial charge in [-0.15, -0.1) is 0 Å². The standard InChI is InChI=1S/C74H100IN15O16S2/c1-41(2)79-36-45-23-21-44(22-24-45)33-56-71(102)90-63(42(3)92)73(104)87-57(34-46-25-27-61(93)49(75)31-46)69(100)82-53-19-9-4-5-14-30-78-62(94)28-26-54(67(98)86-58(70(101)85-56)35-47-37-80-51-18-11-10-17-48(47)51)83-68(99)55(32-43-15-7-6-8-16-43)84-65(96)52(20-12-13-29-76)81-64(95)50(77)39-107-108-40-60(74(105)106)89-72(103)59(38-91)88-66(53)97/h6-8,10-11,15-18,21-25,27,31,37,41-42,50,52-60,63,79-80,91-93H,4-5,9,12-14,19-20,26,28-30,32-36,38-40,76-77H2,1-3H3,(H,78,94)(H,81,95)(H,82,100)(H,83,99)(H,84,96)(H,85,101)(H,86,98)(H,87,104)(H,88,97)(H,89,103)(H,90,102)(H,105,106)/t42-,50+,52+,53-,54+,55+,56+,57+,58-,59+,60+,63+/m1/s1. The molecule has 586 valence electrons. The summed E-state index contributed by atoms with van der Waals surface area (Å²) in [6.07, 6.45) is 0.0483. The molecule has 0 saturated carbocycles. The second-order valence-electron chi connectivity index (χ2n) is 27.1. The topological polar surface area (TPSA) is 498 Å². The highest BCUT2D eigenvalue weighted by molar-refractivity contribution is 14.1. The average molecular weight is 1650 g/mol. The van der Waals surface area contributed by atoms with Crippen molar-refractivity contribution in [2.24, 2.45) is 11.5 Å². The molecule has 108 heavy (non-hydrogen) atoms. The number of nitrogens with two attached hydrogens (primary N) is 2. The van der Waals surface area contributed by atoms with Gasteiger partial charge < -0.3 is 101 Å². The number of aromatic nitrogens is 1. The SMILES string of the molecule is CC(C)NCc1ccc(C[C@@H]2NC(=O)[C@@H](Cc3c[nH]c4ccccc34)NC(=O)[C@@H]3CCC(=O)NCCCCCC[C@@H](NC(=O)[C@H](Cc4ccc(O)c(I)c4)NC(=O)[C@H]([C@@H](C)O)NC2=O)C(=O)N[C@@H](CO)C(=O)N[C@H](C(=O)O)CSSC[C@H](N)C(=O)N[C@@H](CCCCN)C(=O)N[C@@H](Cc2ccccc2)C(=O)N3)cc1. The molecule has 7 rings (SSSR count). The quantitative estimate of drug-likeness (QED) is 0.0318. The van der Waals surface area contributed by atoms with Gasteiger partial charge in [-0.05, 0) is 121 Å². The Hall–Kier alpha value is -8.91. The smallest absolute Gasteiger partial charge is 0.327 e. The van der Waals surface area contributed by atoms with Crippen LogP contribution >= 0.6 is 44.2 Å². The second-order valence-corrected chi connectivity index (χ2v) is 30.9. The number of amides is 11. The van der Waals surface area contributed by atoms with E-state index in [2.05, 4.69) is 68.8 Å². The lowest BCUT2D eigenvalue weighted by atomic mass is 9.99. The van der Waals surface area contributed by atoms with Crippen LogP contribution in [0.4, 0.5) is 0 Å². The molecule has 34 heteroatoms. The molecule has 2 bridgehead atoms. The fourth-order valence-electron chi connectivity index (χ4n) is 12.0. The molecule has 0 aliphatic carbocycles. The van der Waals surface area contributed by atoms with Crippen LogP contribution in [0.3, 0.4) is 0 Å². The van der Waals surface area contributed by atoms with Crippen molar-refractivity contribution < 1.29 is 78.0 Å². The number of aliphatic hydroxyl groups is 2. The van der Waals surface area contributed by atoms with Crippen molar-refractivity contribution in [1.82, 2.24) is 68.8 Å². The summed E-state index contributed by atoms with van der Waals surface area (Å²) in [4.78, 5) is 178. The number of unbranched alkanes of at least 4 members (excludes halogenated alkanes) is 1. The predicted octanol–water partition coefficient (Wildman–Crippen LogP) is 0.264. The number of phenols is 1. The molecule has 0 unspecified atom stereocenters. The van der Waals surface area contributed by atoms with E-state index in [9.17, 15) is 58.8 Å². The molecule has 0 radical (unpaired) electrons. The number of carbonyl (C=O) groups excluding carboxylic acids is 11. The van der Waals surface area contributed by atoms with Crippen molar-refractivity contribution in [3.63, 3.8) is 0 Å². The van der Waals surface area contributed by atoms with Gasteiger partial charge in [-0.25, -0.2) is 4.79 Å². The van der Waals surface area contributed by atoms with Crippen LogP contribution in [-0.4, -0.2) is 206 Å². The molecular weight excluding hydrogens is 1550 g/mol. The van der Waals surface area contributed by atoms with E-state index in [-0.39, 0.29) is 94.2 Å². The first-order chi connectivity index (χ1) is 51.7. The molecule has 2 aliphatic rings. The highest BCUT2D eigenvalue weighted by Crippen LogP contribution is 2.25. The Bertz CT molecular complexity index is 3900. The zero-order valence-corrected chi connectivity index (χ0v) is 64.3. The van der Waals surface area contributed by atoms with Crippen LogP contribution in [0.2, 0.25) is 0 Å². The Kier molecular flexibility index (Phi) is 35.1. The van der Waals surface area contributed by atoms with Gasteiger partial charge in [-0.1, -0.05) is 134 Å². The first-order valence-corrected chi connectivity index (χ1v) is 39.7. The number of nitrogens with one attached hydrogen (secondary N) is 13. The van der Waals surface area contributed by atoms with Crippen molar-refractivity contribution in [3.8, 4) is 5.75 Å². The van der Waals surface area contributed by atoms with Crippen LogP contribution in [0.15, 0.2) is 103 Å². The number of para-hydroxylation sites is 1. The summed E-state index contributed by atoms with van der Waals surface area (Å²) in [5.41, 5.74) is 15.7. The Morgan fingerprint density at radius 1 is 0.565 bits per heavy atom. The summed E-state index contributed by atoms with van der Waals surface area (Å²) >= 11 is 1.86. The number of carboxylic acids is 1. The van der Waals surface area contributed by atoms with Gasteiger partial charge in [-0.3, -0.25) is 52.7 Å². The first kappa shape index (κ1) is 86.3. The predicted molar refractivity (Wildman–Crippen MR) is 416 cm³/mol. The van der Waals surface area contributed by atoms with Crippen LogP contribution in [0, 0.1) is 3.57 Å². The van der Waals surface area contributed by atoms with Gasteiger partial charge in [0.1, 0.15) is 66.2 Å². The minimum absolute atomic E-state index is 0.0111. The summed E-state index contributed by atoms with van der Waals surface area (Å²) in [6, 6.07) is 9.74. The van der Waals surface area contributed by atoms with Crippen LogP contribution in [0.1, 0.15) is 113 Å². The van der Waals surface area contributed by atoms with E-state index in [4.69, 9.17) is 11.5 Å². The third kappa shape index (κ3) is 27.6. The van der Waals surface area contributed by atoms with Crippen molar-refractivity contribution in [2.45, 2.75) is 196 Å². The summed E-state index contributed by atoms with van der Waals surface area (Å²) in [7, 11) is 1.86. The fraction of sp³-hybridized carbons (Fsp3) is 0.486. The number of aliphatic hydroxyl groups excluding tert-OH is 2. The lowest BCUT2D eigenvalue weighted by molar-refractivity contribution is -0.142. The van der Waals surface area contributed by atoms with Gasteiger partial charge in [-0.2, -0.15) is 0 Å². The molecule has 0 spiro atoms. The average Bonchev–Trinajstić information content (AvgIpc) is 1.64. The number of carbonyl (C=O) groups is 12. The van der Waals surface area contributed by atoms with E-state index in [0.717, 1.165) is 27.2 Å². The Morgan fingerprint density at radius 3 is 1.73 bits per heavy atom. The number of fused-ring (bicyclic) bond motifs is 12. The van der Waals surface area contributed by atoms with Gasteiger partial charge in [0.25, 0.3) is 0 Å². The van der Waals surface area contributed by atoms with E-state index < -0.39 is 150 Å². The van der Waals surface area contributed by atoms with Crippen LogP contribution in [0.25, 0.3) is 10.9 Å². The van der Waals surface area contributed by atoms with E-state index in [1.54, 1.807) is 72.9 Å². The molecule has 3 heterocycles. The van der Waals surface area contributed by atoms with Crippen molar-refractivity contribution in [3.05, 3.63) is 135 Å². The maximum absolute atomic E-state index is 15.5. The van der Waals surface area contributed by atoms with Crippen LogP contribution < -0.4 is 75.3 Å². The van der Waals surface area contributed by atoms with Crippen molar-refractivity contribution in [2.75, 3.05) is 31.2 Å². The number of aromatic amines is 1. The van der Waals surface area contributed by atoms with Crippen LogP contribution in [0.5, 0.6) is 5.75 Å². The molecular formula is C74H100IN15O16S2. The molecule has 1 aromatic heterocycles. The summed E-state index contributed by atoms with van der Waals surface area (Å²) in [6.45, 7) is 4.90. The molecule has 2 aliphatic heterocycles. The first-order valence-electron chi connectivity index (χ1n) is 36.1. The van der Waals surface area contributed by atoms with E-state index >= 15 is 19.2 Å². The molecule has 2 saturated heterocycles. The van der Waals surface area contributed by atoms with E-state index in [1.165, 1.54) is 25.1 Å². The fourth-order valence-corrected chi connectivity index (χ4v) is 14.8. The third-order valence-corrected chi connectivity index (χ3v) is 21.5. The number of rotatable bonds is 18. The molecule has 2 fully saturated rings. The zero-order valence-electron chi connectivity index (χ0n) is 60.5. The number of hydrogen-bond acceptors (Lipinski definition) is 20. The summed E-state index contributed by atoms with van der Waals surface area (Å²) in [5, 5.41) is 76.2. The molecule has 21 N–H and O–H groups in total. The van der Waals surface area contributed by atoms with E-state index in [1.807, 2.05) is 48.6 Å². The number of carboxylic acid groups (broad SMARTS) is 1. The normalized spacial score (nSPS) is 24.4. The number of aliphatic carboxylic acids is 1. The summed E-state index contributed by atoms with van der Waals surface area (Å²) in [5.74, 6) is -12.5. The van der Waals surface area contributed by atoms with Gasteiger partial charge in [0.15, 0.2) is 0 Å². The monoisotopic (exact) mass is 1650 g/mol. The number of phenolic OH excluding ortho intramolecular Hbond substituents is 1. The van der Waals surface area contributed by atoms with Gasteiger partial charge in [0.2, 0.25) is 65.0 Å². The largest absolute Gasteiger partial charge is 0.507 e. The van der Waals surface area contributed by atoms with Gasteiger partial charge in [0, 0.05) is 79.8 Å². The third-order valence-electron chi connectivity index (χ3n) is 18.2. The number of H-pyrrole nitrogens is 1. The second kappa shape index (κ2) is 43.9. The molecule has 31 nitrogen and oxygen atoms in total. The van der Waals surface area contributed by atoms with Crippen molar-refractivity contribution >= 4 is 126 Å². The summed E-state index contributed by atoms with van der Waals surface area (Å²) < 4.78 is 0.353. The minimum Gasteiger partial charge on any atom is -0.507 e. The van der Waals surface area contributed by atoms with Crippen LogP contribution in [-0.2, 0) is 89.8 Å². The molecule has 12 atom stereocenters. The van der Waals surface area contributed by atoms with Gasteiger partial charge >= 0.3 is 5.97 Å². The molecule has 4 aromatic carbocycles. The Morgan fingerprint density at radius 2 is 1.09 bits per heavy atom. The zero-order chi connectivity index (χ0) is 78.4. The Balaban J connectivity index is 1.37. The lowest BCUT2D eigenvalue weighted by Crippen LogP contribution is -2.62. The number of benzene rings is 4. The maximum Gasteiger partial charge on any atom is 0.327 e. The Labute approximate surface area is 647 Å². The van der Waals surface area contributed by atoms with Gasteiger partial charge in [0.05, 0.1) is 22.3 Å².